The van der Waals surface area contributed by atoms with E-state index in [2.05, 4.69) is 0 Å². The number of ether oxygens (including phenoxy) is 6. The van der Waals surface area contributed by atoms with E-state index in [1.807, 2.05) is 25.1 Å². The van der Waals surface area contributed by atoms with Gasteiger partial charge in [-0.2, -0.15) is 0 Å². The summed E-state index contributed by atoms with van der Waals surface area (Å²) < 4.78 is 33.7. The highest BCUT2D eigenvalue weighted by molar-refractivity contribution is 6.30. The van der Waals surface area contributed by atoms with Crippen molar-refractivity contribution in [2.75, 3.05) is 21.0 Å². The van der Waals surface area contributed by atoms with Crippen molar-refractivity contribution in [3.05, 3.63) is 81.1 Å². The van der Waals surface area contributed by atoms with Crippen LogP contribution in [-0.2, 0) is 18.0 Å². The van der Waals surface area contributed by atoms with Crippen LogP contribution in [0, 0.1) is 6.92 Å². The molecular weight excluding hydrogens is 472 g/mol. The van der Waals surface area contributed by atoms with Gasteiger partial charge in [0.25, 0.3) is 0 Å². The molecule has 0 aromatic heterocycles. The SMILES string of the molecule is COc1ccc(OC)c(/C=C2\Oc3cc(OCc4cc(Cl)cc5c4OCOC5)cc(C)c3C2=O)c1. The van der Waals surface area contributed by atoms with Crippen molar-refractivity contribution in [1.82, 2.24) is 0 Å². The molecule has 180 valence electrons. The molecule has 0 saturated heterocycles. The van der Waals surface area contributed by atoms with Crippen LogP contribution in [-0.4, -0.2) is 26.8 Å². The molecule has 0 aliphatic carbocycles. The molecule has 0 spiro atoms. The molecule has 5 rings (SSSR count). The number of Topliss-reactive ketones (excluding diaryl/α,β-unsaturated/α-hetero) is 1. The lowest BCUT2D eigenvalue weighted by Gasteiger charge is -2.21. The molecule has 0 saturated carbocycles. The van der Waals surface area contributed by atoms with E-state index in [-0.39, 0.29) is 24.9 Å². The Morgan fingerprint density at radius 2 is 1.91 bits per heavy atom. The highest BCUT2D eigenvalue weighted by Crippen LogP contribution is 2.39. The molecule has 0 fully saturated rings. The number of ketones is 1. The second-order valence-corrected chi connectivity index (χ2v) is 8.55. The van der Waals surface area contributed by atoms with E-state index in [1.165, 1.54) is 0 Å². The molecule has 0 radical (unpaired) electrons. The van der Waals surface area contributed by atoms with Gasteiger partial charge in [0.2, 0.25) is 5.78 Å². The molecular formula is C27H23ClO7. The van der Waals surface area contributed by atoms with Crippen molar-refractivity contribution in [2.24, 2.45) is 0 Å². The Balaban J connectivity index is 1.40. The Bertz CT molecular complexity index is 1350. The smallest absolute Gasteiger partial charge is 0.232 e. The first-order chi connectivity index (χ1) is 17.0. The van der Waals surface area contributed by atoms with Crippen LogP contribution in [0.5, 0.6) is 28.7 Å². The Hall–Kier alpha value is -3.68. The predicted molar refractivity (Wildman–Crippen MR) is 130 cm³/mol. The third kappa shape index (κ3) is 4.52. The average Bonchev–Trinajstić information content (AvgIpc) is 3.17. The number of allylic oxidation sites excluding steroid dienone is 1. The minimum atomic E-state index is -0.203. The zero-order chi connectivity index (χ0) is 24.5. The van der Waals surface area contributed by atoms with E-state index in [4.69, 9.17) is 40.0 Å². The molecule has 2 aliphatic rings. The number of hydrogen-bond donors (Lipinski definition) is 0. The van der Waals surface area contributed by atoms with Crippen LogP contribution >= 0.6 is 11.6 Å². The van der Waals surface area contributed by atoms with Gasteiger partial charge in [-0.3, -0.25) is 4.79 Å². The summed E-state index contributed by atoms with van der Waals surface area (Å²) >= 11 is 6.26. The van der Waals surface area contributed by atoms with Gasteiger partial charge in [0.1, 0.15) is 35.4 Å². The van der Waals surface area contributed by atoms with Gasteiger partial charge in [-0.15, -0.1) is 0 Å². The van der Waals surface area contributed by atoms with Crippen LogP contribution < -0.4 is 23.7 Å². The summed E-state index contributed by atoms with van der Waals surface area (Å²) in [6, 6.07) is 12.5. The van der Waals surface area contributed by atoms with E-state index in [0.717, 1.165) is 22.4 Å². The molecule has 35 heavy (non-hydrogen) atoms. The summed E-state index contributed by atoms with van der Waals surface area (Å²) in [4.78, 5) is 13.1. The molecule has 0 amide bonds. The monoisotopic (exact) mass is 494 g/mol. The molecule has 0 unspecified atom stereocenters. The summed E-state index contributed by atoms with van der Waals surface area (Å²) in [5.41, 5.74) is 3.63. The number of aryl methyl sites for hydroxylation is 1. The van der Waals surface area contributed by atoms with E-state index in [0.29, 0.717) is 45.8 Å². The third-order valence-corrected chi connectivity index (χ3v) is 6.03. The average molecular weight is 495 g/mol. The molecule has 2 aliphatic heterocycles. The second-order valence-electron chi connectivity index (χ2n) is 8.11. The first-order valence-electron chi connectivity index (χ1n) is 10.9. The number of methoxy groups -OCH3 is 2. The van der Waals surface area contributed by atoms with E-state index in [1.54, 1.807) is 44.6 Å². The summed E-state index contributed by atoms with van der Waals surface area (Å²) in [6.45, 7) is 2.70. The number of carbonyl (C=O) groups excluding carboxylic acids is 1. The van der Waals surface area contributed by atoms with Crippen LogP contribution in [0.2, 0.25) is 5.02 Å². The summed E-state index contributed by atoms with van der Waals surface area (Å²) in [6.07, 6.45) is 1.65. The lowest BCUT2D eigenvalue weighted by Crippen LogP contribution is -2.14. The number of hydrogen-bond acceptors (Lipinski definition) is 7. The van der Waals surface area contributed by atoms with Crippen LogP contribution in [0.15, 0.2) is 48.2 Å². The maximum atomic E-state index is 13.1. The van der Waals surface area contributed by atoms with Crippen molar-refractivity contribution >= 4 is 23.5 Å². The first-order valence-corrected chi connectivity index (χ1v) is 11.3. The fourth-order valence-corrected chi connectivity index (χ4v) is 4.44. The van der Waals surface area contributed by atoms with Gasteiger partial charge in [-0.25, -0.2) is 0 Å². The van der Waals surface area contributed by atoms with Crippen molar-refractivity contribution in [2.45, 2.75) is 20.1 Å². The molecule has 0 atom stereocenters. The van der Waals surface area contributed by atoms with Crippen LogP contribution in [0.1, 0.15) is 32.6 Å². The zero-order valence-corrected chi connectivity index (χ0v) is 20.2. The van der Waals surface area contributed by atoms with Gasteiger partial charge in [-0.05, 0) is 55.0 Å². The molecule has 3 aromatic rings. The Morgan fingerprint density at radius 1 is 1.06 bits per heavy atom. The van der Waals surface area contributed by atoms with Gasteiger partial charge in [0.15, 0.2) is 12.6 Å². The Labute approximate surface area is 207 Å². The van der Waals surface area contributed by atoms with Crippen molar-refractivity contribution in [3.63, 3.8) is 0 Å². The number of rotatable bonds is 6. The number of benzene rings is 3. The summed E-state index contributed by atoms with van der Waals surface area (Å²) in [5, 5.41) is 0.582. The Morgan fingerprint density at radius 3 is 2.71 bits per heavy atom. The molecule has 0 N–H and O–H groups in total. The summed E-state index contributed by atoms with van der Waals surface area (Å²) in [5.74, 6) is 2.97. The number of carbonyl (C=O) groups is 1. The number of fused-ring (bicyclic) bond motifs is 2. The normalized spacial score (nSPS) is 15.2. The third-order valence-electron chi connectivity index (χ3n) is 5.81. The first kappa shape index (κ1) is 23.1. The van der Waals surface area contributed by atoms with Crippen LogP contribution in [0.3, 0.4) is 0 Å². The maximum absolute atomic E-state index is 13.1. The fraction of sp³-hybridized carbons (Fsp3) is 0.222. The predicted octanol–water partition coefficient (Wildman–Crippen LogP) is 5.73. The van der Waals surface area contributed by atoms with Crippen molar-refractivity contribution in [3.8, 4) is 28.7 Å². The lowest BCUT2D eigenvalue weighted by atomic mass is 10.0. The number of halogens is 1. The van der Waals surface area contributed by atoms with E-state index >= 15 is 0 Å². The lowest BCUT2D eigenvalue weighted by molar-refractivity contribution is -0.0175. The molecule has 8 heteroatoms. The van der Waals surface area contributed by atoms with Crippen molar-refractivity contribution < 1.29 is 33.2 Å². The summed E-state index contributed by atoms with van der Waals surface area (Å²) in [7, 11) is 3.15. The second kappa shape index (κ2) is 9.52. The zero-order valence-electron chi connectivity index (χ0n) is 19.5. The van der Waals surface area contributed by atoms with E-state index in [9.17, 15) is 4.79 Å². The van der Waals surface area contributed by atoms with Gasteiger partial charge in [-0.1, -0.05) is 11.6 Å². The minimum absolute atomic E-state index is 0.183. The van der Waals surface area contributed by atoms with Gasteiger partial charge in [0.05, 0.1) is 26.4 Å². The van der Waals surface area contributed by atoms with Crippen LogP contribution in [0.25, 0.3) is 6.08 Å². The maximum Gasteiger partial charge on any atom is 0.232 e. The fourth-order valence-electron chi connectivity index (χ4n) is 4.18. The molecule has 2 heterocycles. The highest BCUT2D eigenvalue weighted by atomic mass is 35.5. The van der Waals surface area contributed by atoms with E-state index < -0.39 is 0 Å². The van der Waals surface area contributed by atoms with Crippen molar-refractivity contribution in [1.29, 1.82) is 0 Å². The Kier molecular flexibility index (Phi) is 6.28. The molecule has 7 nitrogen and oxygen atoms in total. The highest BCUT2D eigenvalue weighted by Gasteiger charge is 2.30. The van der Waals surface area contributed by atoms with Crippen LogP contribution in [0.4, 0.5) is 0 Å². The van der Waals surface area contributed by atoms with Gasteiger partial charge in [0, 0.05) is 27.8 Å². The quantitative estimate of drug-likeness (QED) is 0.405. The molecule has 3 aromatic carbocycles. The molecule has 0 bridgehead atoms. The minimum Gasteiger partial charge on any atom is -0.497 e. The van der Waals surface area contributed by atoms with Gasteiger partial charge < -0.3 is 28.4 Å². The standard InChI is InChI=1S/C27H23ClO7/c1-15-6-21(33-13-18-8-19(28)7-17-12-32-14-34-27(17)18)11-23-25(15)26(29)24(35-23)10-16-9-20(30-2)4-5-22(16)31-3/h4-11H,12-14H2,1-3H3/b24-10-. The largest absolute Gasteiger partial charge is 0.497 e. The topological polar surface area (TPSA) is 72.5 Å². The van der Waals surface area contributed by atoms with Gasteiger partial charge >= 0.3 is 0 Å².